The molecule has 0 amide bonds. The summed E-state index contributed by atoms with van der Waals surface area (Å²) in [7, 11) is 1.47. The molecule has 86 valence electrons. The van der Waals surface area contributed by atoms with Gasteiger partial charge in [-0.2, -0.15) is 0 Å². The lowest BCUT2D eigenvalue weighted by molar-refractivity contribution is -0.146. The van der Waals surface area contributed by atoms with E-state index in [4.69, 9.17) is 4.74 Å². The van der Waals surface area contributed by atoms with E-state index in [0.29, 0.717) is 6.04 Å². The van der Waals surface area contributed by atoms with Gasteiger partial charge in [0, 0.05) is 6.04 Å². The first-order chi connectivity index (χ1) is 7.22. The average molecular weight is 211 g/mol. The number of likely N-dealkylation sites (N-methyl/N-ethyl adjacent to an activating group) is 1. The van der Waals surface area contributed by atoms with Crippen molar-refractivity contribution in [3.63, 3.8) is 0 Å². The second-order valence-corrected chi connectivity index (χ2v) is 3.91. The molecule has 0 unspecified atom stereocenters. The number of esters is 1. The van der Waals surface area contributed by atoms with Crippen LogP contribution in [-0.2, 0) is 9.53 Å². The van der Waals surface area contributed by atoms with Crippen LogP contribution >= 0.6 is 0 Å². The van der Waals surface area contributed by atoms with Gasteiger partial charge in [0.15, 0.2) is 0 Å². The SMILES string of the molecule is CCN(CC)[C@@H]1C=CC[C@@H](C(=O)OC)C1. The van der Waals surface area contributed by atoms with E-state index in [1.807, 2.05) is 0 Å². The van der Waals surface area contributed by atoms with Crippen LogP contribution in [0.15, 0.2) is 12.2 Å². The molecular weight excluding hydrogens is 190 g/mol. The minimum atomic E-state index is -0.0727. The van der Waals surface area contributed by atoms with E-state index in [2.05, 4.69) is 30.9 Å². The van der Waals surface area contributed by atoms with Gasteiger partial charge < -0.3 is 4.74 Å². The van der Waals surface area contributed by atoms with Crippen molar-refractivity contribution in [3.8, 4) is 0 Å². The molecule has 0 N–H and O–H groups in total. The fourth-order valence-electron chi connectivity index (χ4n) is 2.19. The van der Waals surface area contributed by atoms with Crippen molar-refractivity contribution >= 4 is 5.97 Å². The van der Waals surface area contributed by atoms with E-state index < -0.39 is 0 Å². The second kappa shape index (κ2) is 5.91. The molecule has 3 nitrogen and oxygen atoms in total. The molecule has 3 heteroatoms. The normalized spacial score (nSPS) is 25.6. The van der Waals surface area contributed by atoms with Crippen LogP contribution in [0.5, 0.6) is 0 Å². The summed E-state index contributed by atoms with van der Waals surface area (Å²) in [6.45, 7) is 6.36. The average Bonchev–Trinajstić information content (AvgIpc) is 2.30. The molecule has 1 rings (SSSR count). The maximum absolute atomic E-state index is 11.4. The third kappa shape index (κ3) is 3.06. The first-order valence-corrected chi connectivity index (χ1v) is 5.71. The monoisotopic (exact) mass is 211 g/mol. The molecule has 0 heterocycles. The smallest absolute Gasteiger partial charge is 0.309 e. The Kier molecular flexibility index (Phi) is 4.82. The number of carbonyl (C=O) groups is 1. The molecule has 2 atom stereocenters. The van der Waals surface area contributed by atoms with Crippen LogP contribution in [-0.4, -0.2) is 37.1 Å². The van der Waals surface area contributed by atoms with Crippen LogP contribution in [0, 0.1) is 5.92 Å². The highest BCUT2D eigenvalue weighted by molar-refractivity contribution is 5.72. The standard InChI is InChI=1S/C12H21NO2/c1-4-13(5-2)11-8-6-7-10(9-11)12(14)15-3/h6,8,10-11H,4-5,7,9H2,1-3H3/t10-,11-/m1/s1. The molecule has 0 fully saturated rings. The van der Waals surface area contributed by atoms with Gasteiger partial charge in [0.25, 0.3) is 0 Å². The summed E-state index contributed by atoms with van der Waals surface area (Å²) in [5, 5.41) is 0. The van der Waals surface area contributed by atoms with Gasteiger partial charge in [-0.3, -0.25) is 9.69 Å². The van der Waals surface area contributed by atoms with Crippen molar-refractivity contribution in [2.24, 2.45) is 5.92 Å². The first-order valence-electron chi connectivity index (χ1n) is 5.71. The number of allylic oxidation sites excluding steroid dienone is 1. The molecule has 0 saturated heterocycles. The van der Waals surface area contributed by atoms with Gasteiger partial charge in [0.2, 0.25) is 0 Å². The number of rotatable bonds is 4. The summed E-state index contributed by atoms with van der Waals surface area (Å²) in [5.74, 6) is -0.0258. The number of nitrogens with zero attached hydrogens (tertiary/aromatic N) is 1. The van der Waals surface area contributed by atoms with Crippen molar-refractivity contribution in [1.29, 1.82) is 0 Å². The number of methoxy groups -OCH3 is 1. The third-order valence-electron chi connectivity index (χ3n) is 3.12. The molecule has 0 saturated carbocycles. The van der Waals surface area contributed by atoms with Gasteiger partial charge in [-0.1, -0.05) is 26.0 Å². The highest BCUT2D eigenvalue weighted by Crippen LogP contribution is 2.23. The van der Waals surface area contributed by atoms with Crippen LogP contribution < -0.4 is 0 Å². The van der Waals surface area contributed by atoms with E-state index in [1.54, 1.807) is 0 Å². The van der Waals surface area contributed by atoms with Gasteiger partial charge in [0.05, 0.1) is 13.0 Å². The van der Waals surface area contributed by atoms with Crippen molar-refractivity contribution in [3.05, 3.63) is 12.2 Å². The van der Waals surface area contributed by atoms with Gasteiger partial charge >= 0.3 is 5.97 Å². The second-order valence-electron chi connectivity index (χ2n) is 3.91. The minimum absolute atomic E-state index is 0.0469. The Hall–Kier alpha value is -0.830. The highest BCUT2D eigenvalue weighted by atomic mass is 16.5. The van der Waals surface area contributed by atoms with Crippen molar-refractivity contribution in [2.75, 3.05) is 20.2 Å². The molecule has 0 aromatic heterocycles. The summed E-state index contributed by atoms with van der Waals surface area (Å²) >= 11 is 0. The molecule has 0 aliphatic heterocycles. The Labute approximate surface area is 92.1 Å². The summed E-state index contributed by atoms with van der Waals surface area (Å²) in [6, 6.07) is 0.401. The van der Waals surface area contributed by atoms with Gasteiger partial charge in [-0.25, -0.2) is 0 Å². The van der Waals surface area contributed by atoms with E-state index >= 15 is 0 Å². The molecule has 1 aliphatic rings. The summed E-state index contributed by atoms with van der Waals surface area (Å²) < 4.78 is 4.79. The number of ether oxygens (including phenoxy) is 1. The van der Waals surface area contributed by atoms with Gasteiger partial charge in [-0.15, -0.1) is 0 Å². The summed E-state index contributed by atoms with van der Waals surface area (Å²) in [4.78, 5) is 13.8. The molecule has 0 aromatic carbocycles. The number of hydrogen-bond donors (Lipinski definition) is 0. The van der Waals surface area contributed by atoms with Crippen LogP contribution in [0.25, 0.3) is 0 Å². The van der Waals surface area contributed by atoms with Crippen LogP contribution in [0.3, 0.4) is 0 Å². The Morgan fingerprint density at radius 1 is 1.47 bits per heavy atom. The topological polar surface area (TPSA) is 29.5 Å². The molecule has 0 aromatic rings. The zero-order valence-electron chi connectivity index (χ0n) is 9.90. The molecular formula is C12H21NO2. The number of hydrogen-bond acceptors (Lipinski definition) is 3. The van der Waals surface area contributed by atoms with Crippen LogP contribution in [0.1, 0.15) is 26.7 Å². The predicted octanol–water partition coefficient (Wildman–Crippen LogP) is 1.84. The van der Waals surface area contributed by atoms with Crippen molar-refractivity contribution in [2.45, 2.75) is 32.7 Å². The fraction of sp³-hybridized carbons (Fsp3) is 0.750. The highest BCUT2D eigenvalue weighted by Gasteiger charge is 2.26. The quantitative estimate of drug-likeness (QED) is 0.525. The fourth-order valence-corrected chi connectivity index (χ4v) is 2.19. The van der Waals surface area contributed by atoms with Crippen molar-refractivity contribution in [1.82, 2.24) is 4.90 Å². The molecule has 1 aliphatic carbocycles. The predicted molar refractivity (Wildman–Crippen MR) is 60.6 cm³/mol. The molecule has 0 bridgehead atoms. The minimum Gasteiger partial charge on any atom is -0.469 e. The lowest BCUT2D eigenvalue weighted by Crippen LogP contribution is -2.38. The Balaban J connectivity index is 2.59. The zero-order valence-corrected chi connectivity index (χ0v) is 9.90. The Morgan fingerprint density at radius 2 is 2.13 bits per heavy atom. The van der Waals surface area contributed by atoms with E-state index in [0.717, 1.165) is 25.9 Å². The van der Waals surface area contributed by atoms with Crippen LogP contribution in [0.4, 0.5) is 0 Å². The summed E-state index contributed by atoms with van der Waals surface area (Å²) in [5.41, 5.74) is 0. The molecule has 0 radical (unpaired) electrons. The number of carbonyl (C=O) groups excluding carboxylic acids is 1. The van der Waals surface area contributed by atoms with Crippen LogP contribution in [0.2, 0.25) is 0 Å². The van der Waals surface area contributed by atoms with Gasteiger partial charge in [0.1, 0.15) is 0 Å². The van der Waals surface area contributed by atoms with Crippen molar-refractivity contribution < 1.29 is 9.53 Å². The van der Waals surface area contributed by atoms with E-state index in [-0.39, 0.29) is 11.9 Å². The maximum Gasteiger partial charge on any atom is 0.309 e. The summed E-state index contributed by atoms with van der Waals surface area (Å²) in [6.07, 6.45) is 6.04. The maximum atomic E-state index is 11.4. The Bertz CT molecular complexity index is 234. The largest absolute Gasteiger partial charge is 0.469 e. The molecule has 15 heavy (non-hydrogen) atoms. The van der Waals surface area contributed by atoms with E-state index in [1.165, 1.54) is 7.11 Å². The Morgan fingerprint density at radius 3 is 2.67 bits per heavy atom. The lowest BCUT2D eigenvalue weighted by Gasteiger charge is -2.31. The van der Waals surface area contributed by atoms with E-state index in [9.17, 15) is 4.79 Å². The van der Waals surface area contributed by atoms with Gasteiger partial charge in [-0.05, 0) is 25.9 Å². The first kappa shape index (κ1) is 12.2. The molecule has 0 spiro atoms. The lowest BCUT2D eigenvalue weighted by atomic mass is 9.90. The third-order valence-corrected chi connectivity index (χ3v) is 3.12. The zero-order chi connectivity index (χ0) is 11.3.